The Bertz CT molecular complexity index is 270. The fourth-order valence-corrected chi connectivity index (χ4v) is 1.93. The number of rotatable bonds is 6. The second-order valence-electron chi connectivity index (χ2n) is 4.98. The summed E-state index contributed by atoms with van der Waals surface area (Å²) in [7, 11) is -3.10. The molecule has 5 N–H and O–H groups in total. The lowest BCUT2D eigenvalue weighted by Crippen LogP contribution is -2.30. The predicted molar refractivity (Wildman–Crippen MR) is 74.3 cm³/mol. The summed E-state index contributed by atoms with van der Waals surface area (Å²) in [4.78, 5) is 18.9. The van der Waals surface area contributed by atoms with E-state index in [1.165, 1.54) is 6.66 Å². The fourth-order valence-electron chi connectivity index (χ4n) is 1.17. The van der Waals surface area contributed by atoms with E-state index in [-0.39, 0.29) is 12.6 Å². The van der Waals surface area contributed by atoms with Gasteiger partial charge in [0.15, 0.2) is 7.37 Å². The van der Waals surface area contributed by atoms with Crippen LogP contribution in [0.4, 0.5) is 0 Å². The van der Waals surface area contributed by atoms with Crippen molar-refractivity contribution in [3.63, 3.8) is 0 Å². The molecular weight excluding hydrogens is 255 g/mol. The largest absolute Gasteiger partial charge is 0.480 e. The number of hydrogen-bond acceptors (Lipinski definition) is 4. The first-order valence-electron chi connectivity index (χ1n) is 5.99. The Hall–Kier alpha value is -0.420. The quantitative estimate of drug-likeness (QED) is 0.542. The highest BCUT2D eigenvalue weighted by atomic mass is 31.2. The van der Waals surface area contributed by atoms with Crippen molar-refractivity contribution >= 4 is 13.3 Å². The number of aliphatic carboxylic acids is 1. The van der Waals surface area contributed by atoms with Crippen molar-refractivity contribution in [2.45, 2.75) is 52.2 Å². The van der Waals surface area contributed by atoms with Crippen molar-refractivity contribution in [3.05, 3.63) is 0 Å². The van der Waals surface area contributed by atoms with Gasteiger partial charge in [0.1, 0.15) is 6.04 Å². The molecule has 0 saturated carbocycles. The maximum Gasteiger partial charge on any atom is 0.320 e. The first-order chi connectivity index (χ1) is 7.95. The normalized spacial score (nSPS) is 15.8. The van der Waals surface area contributed by atoms with E-state index in [0.29, 0.717) is 12.1 Å². The number of carboxylic acids is 1. The standard InChI is InChI=1S/C6H15N.C5H12NO4P/c1-5(2)7-6(3)4;1-11(9,10)3-2-4(6)5(7)8/h5-7H,1-4H3;4H,2-3,6H2,1H3,(H,7,8)(H,9,10). The maximum absolute atomic E-state index is 10.6. The summed E-state index contributed by atoms with van der Waals surface area (Å²) in [6.45, 7) is 9.79. The van der Waals surface area contributed by atoms with E-state index in [1.807, 2.05) is 0 Å². The van der Waals surface area contributed by atoms with Crippen molar-refractivity contribution in [1.82, 2.24) is 5.32 Å². The third-order valence-electron chi connectivity index (χ3n) is 1.84. The third-order valence-corrected chi connectivity index (χ3v) is 2.93. The van der Waals surface area contributed by atoms with Gasteiger partial charge in [0.2, 0.25) is 0 Å². The molecule has 0 saturated heterocycles. The zero-order valence-electron chi connectivity index (χ0n) is 11.9. The van der Waals surface area contributed by atoms with E-state index in [9.17, 15) is 9.36 Å². The van der Waals surface area contributed by atoms with Gasteiger partial charge < -0.3 is 21.1 Å². The minimum Gasteiger partial charge on any atom is -0.480 e. The van der Waals surface area contributed by atoms with Crippen LogP contribution < -0.4 is 11.1 Å². The molecule has 0 aliphatic carbocycles. The van der Waals surface area contributed by atoms with E-state index in [4.69, 9.17) is 15.7 Å². The highest BCUT2D eigenvalue weighted by molar-refractivity contribution is 7.57. The predicted octanol–water partition coefficient (Wildman–Crippen LogP) is 1.08. The molecule has 0 amide bonds. The number of carbonyl (C=O) groups is 1. The van der Waals surface area contributed by atoms with Gasteiger partial charge in [0.05, 0.1) is 0 Å². The summed E-state index contributed by atoms with van der Waals surface area (Å²) in [5.74, 6) is -1.14. The van der Waals surface area contributed by atoms with Gasteiger partial charge in [-0.25, -0.2) is 0 Å². The number of carboxylic acid groups (broad SMARTS) is 1. The molecule has 0 heterocycles. The number of hydrogen-bond donors (Lipinski definition) is 4. The lowest BCUT2D eigenvalue weighted by molar-refractivity contribution is -0.138. The fraction of sp³-hybridized carbons (Fsp3) is 0.909. The molecule has 0 rings (SSSR count). The Labute approximate surface area is 109 Å². The minimum atomic E-state index is -3.10. The Balaban J connectivity index is 0. The van der Waals surface area contributed by atoms with Crippen LogP contribution in [0.2, 0.25) is 0 Å². The van der Waals surface area contributed by atoms with Gasteiger partial charge in [-0.15, -0.1) is 0 Å². The van der Waals surface area contributed by atoms with E-state index >= 15 is 0 Å². The Morgan fingerprint density at radius 3 is 1.83 bits per heavy atom. The molecular formula is C11H27N2O4P. The van der Waals surface area contributed by atoms with E-state index < -0.39 is 19.4 Å². The lowest BCUT2D eigenvalue weighted by atomic mass is 10.2. The third kappa shape index (κ3) is 18.0. The molecule has 2 atom stereocenters. The van der Waals surface area contributed by atoms with Crippen LogP contribution in [0, 0.1) is 0 Å². The number of nitrogens with two attached hydrogens (primary N) is 1. The molecule has 0 bridgehead atoms. The summed E-state index contributed by atoms with van der Waals surface area (Å²) in [6.07, 6.45) is 0.0000772. The van der Waals surface area contributed by atoms with Crippen LogP contribution in [0.5, 0.6) is 0 Å². The van der Waals surface area contributed by atoms with Crippen LogP contribution >= 0.6 is 7.37 Å². The van der Waals surface area contributed by atoms with Crippen LogP contribution in [-0.2, 0) is 9.36 Å². The van der Waals surface area contributed by atoms with Crippen molar-refractivity contribution < 1.29 is 19.4 Å². The molecule has 110 valence electrons. The molecule has 0 radical (unpaired) electrons. The van der Waals surface area contributed by atoms with Crippen molar-refractivity contribution in [2.24, 2.45) is 5.73 Å². The first-order valence-corrected chi connectivity index (χ1v) is 8.28. The van der Waals surface area contributed by atoms with E-state index in [1.54, 1.807) is 0 Å². The zero-order chi connectivity index (χ0) is 14.9. The Morgan fingerprint density at radius 2 is 1.67 bits per heavy atom. The topological polar surface area (TPSA) is 113 Å². The van der Waals surface area contributed by atoms with Crippen molar-refractivity contribution in [3.8, 4) is 0 Å². The summed E-state index contributed by atoms with van der Waals surface area (Å²) >= 11 is 0. The molecule has 6 nitrogen and oxygen atoms in total. The maximum atomic E-state index is 10.6. The van der Waals surface area contributed by atoms with Crippen LogP contribution in [0.3, 0.4) is 0 Å². The van der Waals surface area contributed by atoms with E-state index in [0.717, 1.165) is 0 Å². The van der Waals surface area contributed by atoms with Crippen LogP contribution in [0.1, 0.15) is 34.1 Å². The van der Waals surface area contributed by atoms with Gasteiger partial charge in [-0.1, -0.05) is 27.7 Å². The molecule has 2 unspecified atom stereocenters. The monoisotopic (exact) mass is 282 g/mol. The van der Waals surface area contributed by atoms with Gasteiger partial charge in [-0.2, -0.15) is 0 Å². The molecule has 0 aromatic carbocycles. The molecule has 7 heteroatoms. The van der Waals surface area contributed by atoms with Gasteiger partial charge in [-0.05, 0) is 6.42 Å². The zero-order valence-corrected chi connectivity index (χ0v) is 12.8. The van der Waals surface area contributed by atoms with Gasteiger partial charge in [-0.3, -0.25) is 9.36 Å². The van der Waals surface area contributed by atoms with Crippen molar-refractivity contribution in [2.75, 3.05) is 12.8 Å². The molecule has 0 aromatic rings. The molecule has 0 aromatic heterocycles. The molecule has 0 fully saturated rings. The minimum absolute atomic E-state index is 0.0412. The smallest absolute Gasteiger partial charge is 0.320 e. The molecule has 0 aliphatic heterocycles. The first kappa shape index (κ1) is 19.9. The van der Waals surface area contributed by atoms with Crippen LogP contribution in [0.15, 0.2) is 0 Å². The highest BCUT2D eigenvalue weighted by Crippen LogP contribution is 2.35. The van der Waals surface area contributed by atoms with Crippen LogP contribution in [0.25, 0.3) is 0 Å². The van der Waals surface area contributed by atoms with Gasteiger partial charge in [0, 0.05) is 24.9 Å². The average Bonchev–Trinajstić information content (AvgIpc) is 2.11. The second-order valence-corrected chi connectivity index (χ2v) is 7.53. The lowest BCUT2D eigenvalue weighted by Gasteiger charge is -2.10. The average molecular weight is 282 g/mol. The van der Waals surface area contributed by atoms with Gasteiger partial charge >= 0.3 is 5.97 Å². The van der Waals surface area contributed by atoms with Crippen LogP contribution in [-0.4, -0.2) is 46.9 Å². The molecule has 18 heavy (non-hydrogen) atoms. The summed E-state index contributed by atoms with van der Waals surface area (Å²) in [6, 6.07) is 0.218. The second kappa shape index (κ2) is 9.50. The summed E-state index contributed by atoms with van der Waals surface area (Å²) in [5, 5.41) is 11.6. The number of nitrogens with one attached hydrogen (secondary N) is 1. The van der Waals surface area contributed by atoms with Gasteiger partial charge in [0.25, 0.3) is 0 Å². The van der Waals surface area contributed by atoms with E-state index in [2.05, 4.69) is 33.0 Å². The SMILES string of the molecule is CC(C)NC(C)C.CP(=O)(O)CCC(N)C(=O)O. The Morgan fingerprint density at radius 1 is 1.28 bits per heavy atom. The molecule has 0 aliphatic rings. The summed E-state index contributed by atoms with van der Waals surface area (Å²) < 4.78 is 10.6. The molecule has 0 spiro atoms. The summed E-state index contributed by atoms with van der Waals surface area (Å²) in [5.41, 5.74) is 5.09. The van der Waals surface area contributed by atoms with Crippen molar-refractivity contribution in [1.29, 1.82) is 0 Å². The highest BCUT2D eigenvalue weighted by Gasteiger charge is 2.16. The Kier molecular flexibility index (Phi) is 10.5.